The van der Waals surface area contributed by atoms with Crippen LogP contribution < -0.4 is 10.6 Å². The number of nitrogens with one attached hydrogen (secondary N) is 2. The van der Waals surface area contributed by atoms with Crippen molar-refractivity contribution in [2.75, 3.05) is 25.1 Å². The quantitative estimate of drug-likeness (QED) is 0.352. The minimum atomic E-state index is -1.09. The Hall–Kier alpha value is -3.43. The van der Waals surface area contributed by atoms with Gasteiger partial charge in [0.15, 0.2) is 6.61 Å². The van der Waals surface area contributed by atoms with Gasteiger partial charge in [-0.15, -0.1) is 0 Å². The van der Waals surface area contributed by atoms with E-state index in [0.29, 0.717) is 17.9 Å². The first kappa shape index (κ1) is 22.9. The van der Waals surface area contributed by atoms with Crippen LogP contribution in [-0.2, 0) is 23.9 Å². The second-order valence-electron chi connectivity index (χ2n) is 7.22. The van der Waals surface area contributed by atoms with E-state index in [-0.39, 0.29) is 0 Å². The Balaban J connectivity index is 1.78. The molecule has 0 radical (unpaired) electrons. The topological polar surface area (TPSA) is 131 Å². The smallest absolute Gasteiger partial charge is 0.338 e. The third kappa shape index (κ3) is 6.03. The molecule has 1 aliphatic heterocycles. The van der Waals surface area contributed by atoms with Crippen LogP contribution in [0.15, 0.2) is 24.3 Å². The summed E-state index contributed by atoms with van der Waals surface area (Å²) in [4.78, 5) is 60.1. The van der Waals surface area contributed by atoms with Gasteiger partial charge in [-0.2, -0.15) is 0 Å². The van der Waals surface area contributed by atoms with Crippen molar-refractivity contribution >= 4 is 35.5 Å². The predicted molar refractivity (Wildman–Crippen MR) is 106 cm³/mol. The highest BCUT2D eigenvalue weighted by Gasteiger charge is 2.45. The largest absolute Gasteiger partial charge is 0.462 e. The summed E-state index contributed by atoms with van der Waals surface area (Å²) in [5, 5.41) is 4.95. The van der Waals surface area contributed by atoms with Crippen molar-refractivity contribution in [1.82, 2.24) is 10.2 Å². The van der Waals surface area contributed by atoms with Crippen LogP contribution in [0.4, 0.5) is 10.5 Å². The highest BCUT2D eigenvalue weighted by molar-refractivity contribution is 6.08. The molecule has 10 nitrogen and oxygen atoms in total. The molecule has 0 aliphatic carbocycles. The average Bonchev–Trinajstić information content (AvgIpc) is 2.88. The normalized spacial score (nSPS) is 14.8. The number of amides is 4. The fourth-order valence-corrected chi connectivity index (χ4v) is 2.56. The molecule has 0 atom stereocenters. The van der Waals surface area contributed by atoms with Crippen LogP contribution in [0.3, 0.4) is 0 Å². The number of nitrogens with zero attached hydrogens (tertiary/aromatic N) is 1. The van der Waals surface area contributed by atoms with Gasteiger partial charge < -0.3 is 20.1 Å². The Morgan fingerprint density at radius 1 is 1.10 bits per heavy atom. The van der Waals surface area contributed by atoms with Crippen molar-refractivity contribution in [3.8, 4) is 0 Å². The zero-order valence-corrected chi connectivity index (χ0v) is 17.1. The van der Waals surface area contributed by atoms with Crippen LogP contribution in [0.5, 0.6) is 0 Å². The number of ether oxygens (including phenoxy) is 2. The van der Waals surface area contributed by atoms with E-state index in [2.05, 4.69) is 10.6 Å². The molecule has 0 unspecified atom stereocenters. The lowest BCUT2D eigenvalue weighted by atomic mass is 10.1. The highest BCUT2D eigenvalue weighted by Crippen LogP contribution is 2.16. The number of hydrogen-bond donors (Lipinski definition) is 2. The number of carbonyl (C=O) groups excluding carboxylic acids is 5. The van der Waals surface area contributed by atoms with E-state index in [4.69, 9.17) is 9.47 Å². The second-order valence-corrected chi connectivity index (χ2v) is 7.22. The summed E-state index contributed by atoms with van der Waals surface area (Å²) in [6, 6.07) is 5.36. The molecule has 0 aromatic heterocycles. The minimum Gasteiger partial charge on any atom is -0.462 e. The van der Waals surface area contributed by atoms with Crippen LogP contribution in [0, 0.1) is 0 Å². The molecular weight excluding hydrogens is 394 g/mol. The van der Waals surface area contributed by atoms with Gasteiger partial charge in [0, 0.05) is 5.69 Å². The van der Waals surface area contributed by atoms with Crippen molar-refractivity contribution in [2.24, 2.45) is 0 Å². The molecule has 10 heteroatoms. The van der Waals surface area contributed by atoms with Crippen molar-refractivity contribution in [3.63, 3.8) is 0 Å². The molecule has 1 aliphatic rings. The van der Waals surface area contributed by atoms with Crippen molar-refractivity contribution in [3.05, 3.63) is 29.8 Å². The van der Waals surface area contributed by atoms with Crippen LogP contribution in [0.25, 0.3) is 0 Å². The first-order valence-electron chi connectivity index (χ1n) is 9.51. The van der Waals surface area contributed by atoms with E-state index in [0.717, 1.165) is 17.7 Å². The Morgan fingerprint density at radius 3 is 2.33 bits per heavy atom. The summed E-state index contributed by atoms with van der Waals surface area (Å²) >= 11 is 0. The number of esters is 2. The van der Waals surface area contributed by atoms with Gasteiger partial charge in [0.1, 0.15) is 12.1 Å². The molecule has 30 heavy (non-hydrogen) atoms. The molecule has 2 N–H and O–H groups in total. The van der Waals surface area contributed by atoms with Crippen LogP contribution in [0.2, 0.25) is 0 Å². The minimum absolute atomic E-state index is 0.349. The van der Waals surface area contributed by atoms with Gasteiger partial charge in [-0.1, -0.05) is 13.3 Å². The molecular formula is C20H25N3O7. The molecule has 2 rings (SSSR count). The van der Waals surface area contributed by atoms with E-state index in [9.17, 15) is 24.0 Å². The summed E-state index contributed by atoms with van der Waals surface area (Å²) in [5.41, 5.74) is -0.340. The second kappa shape index (κ2) is 9.86. The van der Waals surface area contributed by atoms with Crippen molar-refractivity contribution in [1.29, 1.82) is 0 Å². The van der Waals surface area contributed by atoms with E-state index in [1.807, 2.05) is 6.92 Å². The van der Waals surface area contributed by atoms with Crippen LogP contribution in [-0.4, -0.2) is 60.0 Å². The number of imide groups is 1. The Labute approximate surface area is 173 Å². The third-order valence-electron chi connectivity index (χ3n) is 4.23. The summed E-state index contributed by atoms with van der Waals surface area (Å²) in [6.45, 7) is 4.20. The first-order chi connectivity index (χ1) is 14.1. The maximum Gasteiger partial charge on any atom is 0.338 e. The van der Waals surface area contributed by atoms with Crippen LogP contribution >= 0.6 is 0 Å². The van der Waals surface area contributed by atoms with Gasteiger partial charge in [0.05, 0.1) is 12.2 Å². The molecule has 1 saturated heterocycles. The molecule has 162 valence electrons. The summed E-state index contributed by atoms with van der Waals surface area (Å²) in [6.07, 6.45) is 1.70. The average molecular weight is 419 g/mol. The summed E-state index contributed by atoms with van der Waals surface area (Å²) in [7, 11) is 0. The van der Waals surface area contributed by atoms with Gasteiger partial charge in [-0.3, -0.25) is 19.3 Å². The monoisotopic (exact) mass is 419 g/mol. The molecule has 4 amide bonds. The zero-order valence-electron chi connectivity index (χ0n) is 17.1. The molecule has 1 aromatic carbocycles. The lowest BCUT2D eigenvalue weighted by Crippen LogP contribution is -2.41. The molecule has 0 saturated carbocycles. The number of rotatable bonds is 9. The zero-order chi connectivity index (χ0) is 22.3. The Morgan fingerprint density at radius 2 is 1.77 bits per heavy atom. The maximum atomic E-state index is 12.0. The summed E-state index contributed by atoms with van der Waals surface area (Å²) < 4.78 is 9.92. The molecule has 0 spiro atoms. The first-order valence-corrected chi connectivity index (χ1v) is 9.51. The molecule has 0 bridgehead atoms. The number of urea groups is 1. The Bertz CT molecular complexity index is 833. The Kier molecular flexibility index (Phi) is 7.51. The number of unbranched alkanes of at least 4 members (excludes halogenated alkanes) is 1. The van der Waals surface area contributed by atoms with E-state index in [1.165, 1.54) is 38.1 Å². The lowest BCUT2D eigenvalue weighted by Gasteiger charge is -2.15. The van der Waals surface area contributed by atoms with E-state index >= 15 is 0 Å². The van der Waals surface area contributed by atoms with Gasteiger partial charge in [0.2, 0.25) is 0 Å². The van der Waals surface area contributed by atoms with Crippen molar-refractivity contribution in [2.45, 2.75) is 39.2 Å². The van der Waals surface area contributed by atoms with E-state index in [1.54, 1.807) is 0 Å². The third-order valence-corrected chi connectivity index (χ3v) is 4.23. The predicted octanol–water partition coefficient (Wildman–Crippen LogP) is 1.46. The van der Waals surface area contributed by atoms with Crippen LogP contribution in [0.1, 0.15) is 44.0 Å². The fourth-order valence-electron chi connectivity index (χ4n) is 2.56. The van der Waals surface area contributed by atoms with Crippen molar-refractivity contribution < 1.29 is 33.4 Å². The van der Waals surface area contributed by atoms with E-state index < -0.39 is 48.5 Å². The number of hydrogen-bond acceptors (Lipinski definition) is 7. The van der Waals surface area contributed by atoms with Gasteiger partial charge >= 0.3 is 18.0 Å². The molecule has 1 aromatic rings. The van der Waals surface area contributed by atoms with Gasteiger partial charge in [0.25, 0.3) is 11.8 Å². The SMILES string of the molecule is CCCCOC(=O)c1ccc(NC(=O)COC(=O)CN2C(=O)NC(C)(C)C2=O)cc1. The number of carbonyl (C=O) groups is 5. The maximum absolute atomic E-state index is 12.0. The van der Waals surface area contributed by atoms with Gasteiger partial charge in [-0.05, 0) is 44.5 Å². The molecule has 1 heterocycles. The number of anilines is 1. The summed E-state index contributed by atoms with van der Waals surface area (Å²) in [5.74, 6) is -2.50. The van der Waals surface area contributed by atoms with Gasteiger partial charge in [-0.25, -0.2) is 9.59 Å². The lowest BCUT2D eigenvalue weighted by molar-refractivity contribution is -0.150. The molecule has 1 fully saturated rings. The fraction of sp³-hybridized carbons (Fsp3) is 0.450. The standard InChI is InChI=1S/C20H25N3O7/c1-4-5-10-29-17(26)13-6-8-14(9-7-13)21-15(24)12-30-16(25)11-23-18(27)20(2,3)22-19(23)28/h6-9H,4-5,10-12H2,1-3H3,(H,21,24)(H,22,28). The highest BCUT2D eigenvalue weighted by atomic mass is 16.5. The number of benzene rings is 1.